The number of benzene rings is 1. The van der Waals surface area contributed by atoms with E-state index in [0.29, 0.717) is 18.0 Å². The Morgan fingerprint density at radius 1 is 1.38 bits per heavy atom. The zero-order valence-electron chi connectivity index (χ0n) is 12.4. The first-order valence-corrected chi connectivity index (χ1v) is 6.59. The Morgan fingerprint density at radius 3 is 2.86 bits per heavy atom. The third-order valence-corrected chi connectivity index (χ3v) is 2.93. The predicted octanol–water partition coefficient (Wildman–Crippen LogP) is 1.64. The predicted molar refractivity (Wildman–Crippen MR) is 78.1 cm³/mol. The molecule has 0 radical (unpaired) electrons. The van der Waals surface area contributed by atoms with Crippen molar-refractivity contribution in [2.45, 2.75) is 13.5 Å². The molecular weight excluding hydrogens is 270 g/mol. The molecule has 0 saturated heterocycles. The van der Waals surface area contributed by atoms with Crippen LogP contribution < -0.4 is 10.1 Å². The number of nitrogens with zero attached hydrogens (tertiary/aromatic N) is 2. The van der Waals surface area contributed by atoms with Crippen molar-refractivity contribution in [3.63, 3.8) is 0 Å². The summed E-state index contributed by atoms with van der Waals surface area (Å²) in [6.07, 6.45) is 0. The van der Waals surface area contributed by atoms with Crippen LogP contribution in [0.5, 0.6) is 5.75 Å². The molecule has 1 heterocycles. The molecule has 0 atom stereocenters. The number of hydrogen-bond acceptors (Lipinski definition) is 4. The van der Waals surface area contributed by atoms with E-state index < -0.39 is 0 Å². The minimum Gasteiger partial charge on any atom is -0.468 e. The molecule has 2 rings (SSSR count). The van der Waals surface area contributed by atoms with Gasteiger partial charge < -0.3 is 14.8 Å². The summed E-state index contributed by atoms with van der Waals surface area (Å²) < 4.78 is 11.8. The fourth-order valence-corrected chi connectivity index (χ4v) is 1.97. The average molecular weight is 289 g/mol. The van der Waals surface area contributed by atoms with Crippen molar-refractivity contribution in [2.75, 3.05) is 13.9 Å². The minimum absolute atomic E-state index is 0.152. The topological polar surface area (TPSA) is 65.4 Å². The summed E-state index contributed by atoms with van der Waals surface area (Å²) in [6, 6.07) is 9.27. The smallest absolute Gasteiger partial charge is 0.269 e. The molecule has 112 valence electrons. The number of methoxy groups -OCH3 is 1. The van der Waals surface area contributed by atoms with E-state index in [1.807, 2.05) is 31.2 Å². The molecule has 0 unspecified atom stereocenters. The van der Waals surface area contributed by atoms with Gasteiger partial charge in [0.15, 0.2) is 6.79 Å². The Kier molecular flexibility index (Phi) is 4.94. The number of amides is 1. The van der Waals surface area contributed by atoms with E-state index in [1.165, 1.54) is 0 Å². The van der Waals surface area contributed by atoms with Crippen LogP contribution in [0.2, 0.25) is 0 Å². The summed E-state index contributed by atoms with van der Waals surface area (Å²) in [6.45, 7) is 2.48. The maximum atomic E-state index is 12.1. The molecule has 21 heavy (non-hydrogen) atoms. The number of nitrogens with one attached hydrogen (secondary N) is 1. The third kappa shape index (κ3) is 4.06. The lowest BCUT2D eigenvalue weighted by atomic mass is 10.2. The zero-order valence-corrected chi connectivity index (χ0v) is 12.4. The van der Waals surface area contributed by atoms with Crippen molar-refractivity contribution >= 4 is 5.91 Å². The van der Waals surface area contributed by atoms with E-state index in [-0.39, 0.29) is 12.7 Å². The lowest BCUT2D eigenvalue weighted by Crippen LogP contribution is -2.25. The lowest BCUT2D eigenvalue weighted by Gasteiger charge is -2.08. The highest BCUT2D eigenvalue weighted by Gasteiger charge is 2.11. The van der Waals surface area contributed by atoms with Gasteiger partial charge in [0.1, 0.15) is 11.4 Å². The number of rotatable bonds is 6. The van der Waals surface area contributed by atoms with Crippen LogP contribution in [0.3, 0.4) is 0 Å². The van der Waals surface area contributed by atoms with Crippen LogP contribution in [-0.4, -0.2) is 29.6 Å². The number of hydrogen-bond donors (Lipinski definition) is 1. The van der Waals surface area contributed by atoms with Crippen LogP contribution in [0.15, 0.2) is 30.3 Å². The summed E-state index contributed by atoms with van der Waals surface area (Å²) in [7, 11) is 3.32. The normalized spacial score (nSPS) is 10.4. The fraction of sp³-hybridized carbons (Fsp3) is 0.333. The Bertz CT molecular complexity index is 622. The zero-order chi connectivity index (χ0) is 15.2. The summed E-state index contributed by atoms with van der Waals surface area (Å²) in [4.78, 5) is 12.1. The quantitative estimate of drug-likeness (QED) is 0.821. The van der Waals surface area contributed by atoms with Gasteiger partial charge in [0.2, 0.25) is 0 Å². The molecule has 0 saturated carbocycles. The van der Waals surface area contributed by atoms with Gasteiger partial charge in [-0.1, -0.05) is 12.1 Å². The molecule has 6 nitrogen and oxygen atoms in total. The molecule has 0 aliphatic heterocycles. The number of aryl methyl sites for hydroxylation is 2. The molecule has 2 aromatic rings. The first-order valence-electron chi connectivity index (χ1n) is 6.59. The van der Waals surface area contributed by atoms with E-state index in [2.05, 4.69) is 10.4 Å². The van der Waals surface area contributed by atoms with Crippen LogP contribution >= 0.6 is 0 Å². The van der Waals surface area contributed by atoms with Crippen LogP contribution in [0.4, 0.5) is 0 Å². The number of carbonyl (C=O) groups is 1. The second kappa shape index (κ2) is 6.90. The average Bonchev–Trinajstić information content (AvgIpc) is 2.82. The molecule has 1 N–H and O–H groups in total. The molecule has 0 bridgehead atoms. The van der Waals surface area contributed by atoms with E-state index in [1.54, 1.807) is 24.9 Å². The van der Waals surface area contributed by atoms with Crippen LogP contribution in [0.25, 0.3) is 0 Å². The van der Waals surface area contributed by atoms with Crippen molar-refractivity contribution in [1.29, 1.82) is 0 Å². The van der Waals surface area contributed by atoms with Gasteiger partial charge in [-0.05, 0) is 30.7 Å². The molecule has 1 aromatic heterocycles. The van der Waals surface area contributed by atoms with E-state index in [9.17, 15) is 4.79 Å². The van der Waals surface area contributed by atoms with Crippen molar-refractivity contribution in [1.82, 2.24) is 15.1 Å². The lowest BCUT2D eigenvalue weighted by molar-refractivity contribution is 0.0510. The largest absolute Gasteiger partial charge is 0.468 e. The van der Waals surface area contributed by atoms with Gasteiger partial charge in [0.05, 0.1) is 5.69 Å². The van der Waals surface area contributed by atoms with Crippen molar-refractivity contribution in [2.24, 2.45) is 7.05 Å². The van der Waals surface area contributed by atoms with Gasteiger partial charge in [-0.15, -0.1) is 0 Å². The number of aromatic nitrogens is 2. The van der Waals surface area contributed by atoms with Crippen molar-refractivity contribution < 1.29 is 14.3 Å². The molecule has 1 amide bonds. The Labute approximate surface area is 123 Å². The molecule has 0 fully saturated rings. The fourth-order valence-electron chi connectivity index (χ4n) is 1.97. The molecular formula is C15H19N3O3. The second-order valence-corrected chi connectivity index (χ2v) is 4.68. The minimum atomic E-state index is -0.152. The molecule has 6 heteroatoms. The first-order chi connectivity index (χ1) is 10.1. The standard InChI is InChI=1S/C15H19N3O3/c1-11-7-14(18(2)17-11)15(19)16-9-12-5-4-6-13(8-12)21-10-20-3/h4-8H,9-10H2,1-3H3,(H,16,19). The van der Waals surface area contributed by atoms with E-state index in [0.717, 1.165) is 11.3 Å². The van der Waals surface area contributed by atoms with Gasteiger partial charge >= 0.3 is 0 Å². The maximum absolute atomic E-state index is 12.1. The van der Waals surface area contributed by atoms with E-state index in [4.69, 9.17) is 9.47 Å². The number of carbonyl (C=O) groups excluding carboxylic acids is 1. The molecule has 0 spiro atoms. The van der Waals surface area contributed by atoms with Crippen LogP contribution in [0.1, 0.15) is 21.7 Å². The molecule has 0 aliphatic rings. The highest BCUT2D eigenvalue weighted by molar-refractivity contribution is 5.92. The van der Waals surface area contributed by atoms with Crippen LogP contribution in [0, 0.1) is 6.92 Å². The summed E-state index contributed by atoms with van der Waals surface area (Å²) in [5.41, 5.74) is 2.31. The third-order valence-electron chi connectivity index (χ3n) is 2.93. The molecule has 0 aliphatic carbocycles. The van der Waals surface area contributed by atoms with Crippen molar-refractivity contribution in [3.8, 4) is 5.75 Å². The van der Waals surface area contributed by atoms with E-state index >= 15 is 0 Å². The van der Waals surface area contributed by atoms with Gasteiger partial charge in [0.25, 0.3) is 5.91 Å². The number of ether oxygens (including phenoxy) is 2. The highest BCUT2D eigenvalue weighted by Crippen LogP contribution is 2.13. The van der Waals surface area contributed by atoms with Gasteiger partial charge in [-0.2, -0.15) is 5.10 Å². The highest BCUT2D eigenvalue weighted by atomic mass is 16.7. The summed E-state index contributed by atoms with van der Waals surface area (Å²) >= 11 is 0. The SMILES string of the molecule is COCOc1cccc(CNC(=O)c2cc(C)nn2C)c1. The van der Waals surface area contributed by atoms with Crippen molar-refractivity contribution in [3.05, 3.63) is 47.3 Å². The Morgan fingerprint density at radius 2 is 2.19 bits per heavy atom. The Balaban J connectivity index is 1.96. The van der Waals surface area contributed by atoms with Gasteiger partial charge in [-0.3, -0.25) is 9.48 Å². The second-order valence-electron chi connectivity index (χ2n) is 4.68. The maximum Gasteiger partial charge on any atom is 0.269 e. The monoisotopic (exact) mass is 289 g/mol. The first kappa shape index (κ1) is 15.1. The van der Waals surface area contributed by atoms with Crippen LogP contribution in [-0.2, 0) is 18.3 Å². The van der Waals surface area contributed by atoms with Gasteiger partial charge in [-0.25, -0.2) is 0 Å². The van der Waals surface area contributed by atoms with Gasteiger partial charge in [0, 0.05) is 20.7 Å². The summed E-state index contributed by atoms with van der Waals surface area (Å²) in [5.74, 6) is 0.557. The summed E-state index contributed by atoms with van der Waals surface area (Å²) in [5, 5.41) is 7.02. The Hall–Kier alpha value is -2.34. The molecule has 1 aromatic carbocycles.